The van der Waals surface area contributed by atoms with Crippen LogP contribution in [0.15, 0.2) is 42.5 Å². The molecule has 27 heavy (non-hydrogen) atoms. The van der Waals surface area contributed by atoms with Crippen molar-refractivity contribution in [1.82, 2.24) is 10.6 Å². The second-order valence-electron chi connectivity index (χ2n) is 6.52. The van der Waals surface area contributed by atoms with E-state index in [0.29, 0.717) is 31.3 Å². The molecule has 0 aliphatic heterocycles. The Morgan fingerprint density at radius 1 is 1.00 bits per heavy atom. The van der Waals surface area contributed by atoms with E-state index < -0.39 is 11.9 Å². The minimum Gasteiger partial charge on any atom is -0.478 e. The van der Waals surface area contributed by atoms with Crippen LogP contribution >= 0.6 is 0 Å². The van der Waals surface area contributed by atoms with Crippen LogP contribution in [-0.4, -0.2) is 52.5 Å². The van der Waals surface area contributed by atoms with E-state index >= 15 is 0 Å². The quantitative estimate of drug-likeness (QED) is 0.416. The summed E-state index contributed by atoms with van der Waals surface area (Å²) in [5.41, 5.74) is 1.26. The van der Waals surface area contributed by atoms with Gasteiger partial charge in [-0.05, 0) is 18.4 Å². The number of aliphatic hydroxyl groups is 1. The van der Waals surface area contributed by atoms with Gasteiger partial charge in [-0.25, -0.2) is 9.59 Å². The summed E-state index contributed by atoms with van der Waals surface area (Å²) in [6.07, 6.45) is 7.39. The normalized spacial score (nSPS) is 15.7. The van der Waals surface area contributed by atoms with Gasteiger partial charge in [0.05, 0.1) is 6.10 Å². The lowest BCUT2D eigenvalue weighted by atomic mass is 9.95. The van der Waals surface area contributed by atoms with Crippen LogP contribution in [0.5, 0.6) is 0 Å². The Bertz CT molecular complexity index is 555. The molecule has 0 amide bonds. The van der Waals surface area contributed by atoms with Crippen molar-refractivity contribution in [2.75, 3.05) is 13.1 Å². The zero-order valence-electron chi connectivity index (χ0n) is 15.5. The topological polar surface area (TPSA) is 119 Å². The summed E-state index contributed by atoms with van der Waals surface area (Å²) in [5, 5.41) is 32.3. The molecule has 7 nitrogen and oxygen atoms in total. The number of hydrogen-bond acceptors (Lipinski definition) is 5. The average molecular weight is 378 g/mol. The molecular formula is C20H30N2O5. The number of carboxylic acids is 2. The van der Waals surface area contributed by atoms with Crippen molar-refractivity contribution >= 4 is 11.9 Å². The molecule has 1 atom stereocenters. The molecule has 0 radical (unpaired) electrons. The smallest absolute Gasteiger partial charge is 0.328 e. The molecule has 1 unspecified atom stereocenters. The number of carboxylic acid groups (broad SMARTS) is 2. The third-order valence-electron chi connectivity index (χ3n) is 4.17. The number of aliphatic carboxylic acids is 2. The summed E-state index contributed by atoms with van der Waals surface area (Å²) < 4.78 is 0. The van der Waals surface area contributed by atoms with Crippen LogP contribution in [0.1, 0.15) is 37.7 Å². The van der Waals surface area contributed by atoms with E-state index in [1.165, 1.54) is 37.7 Å². The molecule has 150 valence electrons. The molecule has 0 bridgehead atoms. The number of carbonyl (C=O) groups is 2. The Kier molecular flexibility index (Phi) is 11.8. The van der Waals surface area contributed by atoms with E-state index in [9.17, 15) is 14.7 Å². The summed E-state index contributed by atoms with van der Waals surface area (Å²) >= 11 is 0. The second kappa shape index (κ2) is 13.9. The van der Waals surface area contributed by atoms with Crippen molar-refractivity contribution in [2.45, 2.75) is 50.8 Å². The fourth-order valence-corrected chi connectivity index (χ4v) is 2.80. The van der Waals surface area contributed by atoms with Crippen LogP contribution in [0.25, 0.3) is 0 Å². The molecule has 0 saturated heterocycles. The molecule has 7 heteroatoms. The highest BCUT2D eigenvalue weighted by Crippen LogP contribution is 2.17. The van der Waals surface area contributed by atoms with Crippen LogP contribution in [0.2, 0.25) is 0 Å². The number of hydrogen-bond donors (Lipinski definition) is 5. The Labute approximate surface area is 160 Å². The largest absolute Gasteiger partial charge is 0.478 e. The van der Waals surface area contributed by atoms with Crippen LogP contribution < -0.4 is 10.6 Å². The van der Waals surface area contributed by atoms with Gasteiger partial charge in [0.25, 0.3) is 0 Å². The predicted molar refractivity (Wildman–Crippen MR) is 103 cm³/mol. The first-order chi connectivity index (χ1) is 13.0. The SMILES string of the molecule is O=C(O)/C=C\C(=O)O.OC(CNCc1ccccc1)CNC1CCCCC1. The first-order valence-electron chi connectivity index (χ1n) is 9.27. The Morgan fingerprint density at radius 2 is 1.59 bits per heavy atom. The number of nitrogens with one attached hydrogen (secondary N) is 2. The van der Waals surface area contributed by atoms with Crippen LogP contribution in [0.3, 0.4) is 0 Å². The maximum atomic E-state index is 9.93. The van der Waals surface area contributed by atoms with Crippen molar-refractivity contribution in [3.05, 3.63) is 48.0 Å². The van der Waals surface area contributed by atoms with Gasteiger partial charge in [0.1, 0.15) is 0 Å². The lowest BCUT2D eigenvalue weighted by Crippen LogP contribution is -2.40. The number of rotatable bonds is 9. The second-order valence-corrected chi connectivity index (χ2v) is 6.52. The van der Waals surface area contributed by atoms with Gasteiger partial charge in [0.2, 0.25) is 0 Å². The third kappa shape index (κ3) is 12.7. The van der Waals surface area contributed by atoms with Crippen molar-refractivity contribution in [2.24, 2.45) is 0 Å². The molecule has 1 aromatic carbocycles. The van der Waals surface area contributed by atoms with Gasteiger partial charge in [-0.3, -0.25) is 0 Å². The highest BCUT2D eigenvalue weighted by atomic mass is 16.4. The van der Waals surface area contributed by atoms with Crippen molar-refractivity contribution in [3.63, 3.8) is 0 Å². The number of benzene rings is 1. The Morgan fingerprint density at radius 3 is 2.15 bits per heavy atom. The monoisotopic (exact) mass is 378 g/mol. The standard InChI is InChI=1S/C16H26N2O.C4H4O4/c19-16(13-18-15-9-5-2-6-10-15)12-17-11-14-7-3-1-4-8-14;5-3(6)1-2-4(7)8/h1,3-4,7-8,15-19H,2,5-6,9-13H2;1-2H,(H,5,6)(H,7,8)/b;2-1-. The molecule has 1 aliphatic carbocycles. The van der Waals surface area contributed by atoms with Crippen LogP contribution in [0, 0.1) is 0 Å². The summed E-state index contributed by atoms with van der Waals surface area (Å²) in [4.78, 5) is 19.1. The molecular weight excluding hydrogens is 348 g/mol. The van der Waals surface area contributed by atoms with E-state index in [0.717, 1.165) is 6.54 Å². The Hall–Kier alpha value is -2.22. The van der Waals surface area contributed by atoms with Gasteiger partial charge >= 0.3 is 11.9 Å². The lowest BCUT2D eigenvalue weighted by Gasteiger charge is -2.24. The van der Waals surface area contributed by atoms with E-state index in [4.69, 9.17) is 10.2 Å². The predicted octanol–water partition coefficient (Wildman–Crippen LogP) is 1.77. The van der Waals surface area contributed by atoms with Crippen molar-refractivity contribution in [1.29, 1.82) is 0 Å². The summed E-state index contributed by atoms with van der Waals surface area (Å²) in [6.45, 7) is 2.17. The van der Waals surface area contributed by atoms with Gasteiger partial charge in [-0.2, -0.15) is 0 Å². The fourth-order valence-electron chi connectivity index (χ4n) is 2.80. The molecule has 5 N–H and O–H groups in total. The first-order valence-corrected chi connectivity index (χ1v) is 9.27. The average Bonchev–Trinajstić information content (AvgIpc) is 2.67. The van der Waals surface area contributed by atoms with Gasteiger partial charge in [-0.15, -0.1) is 0 Å². The summed E-state index contributed by atoms with van der Waals surface area (Å²) in [6, 6.07) is 10.9. The highest BCUT2D eigenvalue weighted by Gasteiger charge is 2.13. The molecule has 1 aliphatic rings. The van der Waals surface area contributed by atoms with E-state index in [1.54, 1.807) is 0 Å². The molecule has 2 rings (SSSR count). The first kappa shape index (κ1) is 22.8. The minimum absolute atomic E-state index is 0.300. The Balaban J connectivity index is 0.000000387. The molecule has 1 fully saturated rings. The van der Waals surface area contributed by atoms with Gasteiger partial charge in [0, 0.05) is 37.8 Å². The van der Waals surface area contributed by atoms with E-state index in [2.05, 4.69) is 22.8 Å². The van der Waals surface area contributed by atoms with E-state index in [-0.39, 0.29) is 6.10 Å². The third-order valence-corrected chi connectivity index (χ3v) is 4.17. The molecule has 1 saturated carbocycles. The molecule has 0 spiro atoms. The minimum atomic E-state index is -1.26. The van der Waals surface area contributed by atoms with Crippen molar-refractivity contribution < 1.29 is 24.9 Å². The fraction of sp³-hybridized carbons (Fsp3) is 0.500. The molecule has 0 heterocycles. The maximum absolute atomic E-state index is 9.93. The highest BCUT2D eigenvalue weighted by molar-refractivity contribution is 5.89. The van der Waals surface area contributed by atoms with Crippen LogP contribution in [0.4, 0.5) is 0 Å². The van der Waals surface area contributed by atoms with Gasteiger partial charge < -0.3 is 26.0 Å². The zero-order valence-corrected chi connectivity index (χ0v) is 15.5. The maximum Gasteiger partial charge on any atom is 0.328 e. The summed E-state index contributed by atoms with van der Waals surface area (Å²) in [7, 11) is 0. The molecule has 0 aromatic heterocycles. The number of aliphatic hydroxyl groups excluding tert-OH is 1. The molecule has 1 aromatic rings. The van der Waals surface area contributed by atoms with Crippen molar-refractivity contribution in [3.8, 4) is 0 Å². The van der Waals surface area contributed by atoms with Gasteiger partial charge in [-0.1, -0.05) is 49.6 Å². The van der Waals surface area contributed by atoms with Gasteiger partial charge in [0.15, 0.2) is 0 Å². The van der Waals surface area contributed by atoms with E-state index in [1.807, 2.05) is 18.2 Å². The zero-order chi connectivity index (χ0) is 19.9. The lowest BCUT2D eigenvalue weighted by molar-refractivity contribution is -0.134. The summed E-state index contributed by atoms with van der Waals surface area (Å²) in [5.74, 6) is -2.51. The van der Waals surface area contributed by atoms with Crippen LogP contribution in [-0.2, 0) is 16.1 Å².